The van der Waals surface area contributed by atoms with Gasteiger partial charge < -0.3 is 5.32 Å². The highest BCUT2D eigenvalue weighted by Crippen LogP contribution is 2.31. The van der Waals surface area contributed by atoms with Crippen LogP contribution in [0, 0.1) is 5.92 Å². The highest BCUT2D eigenvalue weighted by molar-refractivity contribution is 7.89. The van der Waals surface area contributed by atoms with Gasteiger partial charge in [0.05, 0.1) is 16.9 Å². The van der Waals surface area contributed by atoms with Crippen LogP contribution in [0.2, 0.25) is 5.02 Å². The zero-order valence-corrected chi connectivity index (χ0v) is 17.8. The number of rotatable bonds is 4. The highest BCUT2D eigenvalue weighted by atomic mass is 35.5. The van der Waals surface area contributed by atoms with Gasteiger partial charge in [0.2, 0.25) is 15.9 Å². The lowest BCUT2D eigenvalue weighted by atomic mass is 9.87. The number of hydrogen-bond donors (Lipinski definition) is 1. The average Bonchev–Trinajstić information content (AvgIpc) is 2.74. The number of piperidine rings is 1. The minimum absolute atomic E-state index is 0.00991. The Balaban J connectivity index is 1.46. The molecule has 0 unspecified atom stereocenters. The Morgan fingerprint density at radius 1 is 1.03 bits per heavy atom. The van der Waals surface area contributed by atoms with Gasteiger partial charge in [0.25, 0.3) is 0 Å². The Morgan fingerprint density at radius 3 is 2.59 bits per heavy atom. The van der Waals surface area contributed by atoms with Crippen LogP contribution in [0.5, 0.6) is 0 Å². The van der Waals surface area contributed by atoms with Crippen molar-refractivity contribution < 1.29 is 13.2 Å². The number of carbonyl (C=O) groups excluding carboxylic acids is 1. The van der Waals surface area contributed by atoms with Crippen molar-refractivity contribution >= 4 is 27.5 Å². The summed E-state index contributed by atoms with van der Waals surface area (Å²) in [7, 11) is -3.63. The lowest BCUT2D eigenvalue weighted by molar-refractivity contribution is -0.127. The molecule has 29 heavy (non-hydrogen) atoms. The monoisotopic (exact) mass is 432 g/mol. The molecule has 7 heteroatoms. The fourth-order valence-electron chi connectivity index (χ4n) is 4.32. The molecule has 154 valence electrons. The summed E-state index contributed by atoms with van der Waals surface area (Å²) in [5.74, 6) is -0.386. The van der Waals surface area contributed by atoms with E-state index in [0.717, 1.165) is 19.3 Å². The van der Waals surface area contributed by atoms with Gasteiger partial charge in [-0.2, -0.15) is 4.31 Å². The summed E-state index contributed by atoms with van der Waals surface area (Å²) < 4.78 is 27.4. The second-order valence-corrected chi connectivity index (χ2v) is 10.2. The van der Waals surface area contributed by atoms with Crippen molar-refractivity contribution in [2.24, 2.45) is 5.92 Å². The molecule has 5 nitrogen and oxygen atoms in total. The van der Waals surface area contributed by atoms with E-state index in [1.54, 1.807) is 12.1 Å². The predicted octanol–water partition coefficient (Wildman–Crippen LogP) is 3.93. The summed E-state index contributed by atoms with van der Waals surface area (Å²) in [5, 5.41) is 3.68. The van der Waals surface area contributed by atoms with Gasteiger partial charge in [-0.25, -0.2) is 8.42 Å². The maximum absolute atomic E-state index is 13.0. The van der Waals surface area contributed by atoms with E-state index in [4.69, 9.17) is 11.6 Å². The van der Waals surface area contributed by atoms with Gasteiger partial charge in [-0.1, -0.05) is 35.9 Å². The fourth-order valence-corrected chi connectivity index (χ4v) is 5.97. The van der Waals surface area contributed by atoms with Gasteiger partial charge in [0, 0.05) is 18.1 Å². The minimum atomic E-state index is -3.63. The van der Waals surface area contributed by atoms with Crippen LogP contribution in [0.15, 0.2) is 53.4 Å². The lowest BCUT2D eigenvalue weighted by Crippen LogP contribution is -2.46. The molecule has 1 amide bonds. The van der Waals surface area contributed by atoms with E-state index in [-0.39, 0.29) is 29.3 Å². The molecule has 0 bridgehead atoms. The van der Waals surface area contributed by atoms with E-state index in [2.05, 4.69) is 17.4 Å². The lowest BCUT2D eigenvalue weighted by Gasteiger charge is -2.33. The molecule has 4 rings (SSSR count). The Labute approximate surface area is 177 Å². The van der Waals surface area contributed by atoms with Crippen molar-refractivity contribution in [3.05, 3.63) is 64.7 Å². The quantitative estimate of drug-likeness (QED) is 0.795. The Bertz CT molecular complexity index is 991. The first kappa shape index (κ1) is 20.4. The molecular weight excluding hydrogens is 408 g/mol. The second kappa shape index (κ2) is 8.46. The summed E-state index contributed by atoms with van der Waals surface area (Å²) in [6.07, 6.45) is 4.38. The summed E-state index contributed by atoms with van der Waals surface area (Å²) in [4.78, 5) is 13.2. The van der Waals surface area contributed by atoms with E-state index in [1.807, 2.05) is 12.1 Å². The Morgan fingerprint density at radius 2 is 1.79 bits per heavy atom. The number of aryl methyl sites for hydroxylation is 1. The number of amides is 1. The van der Waals surface area contributed by atoms with Crippen molar-refractivity contribution in [1.29, 1.82) is 0 Å². The molecular formula is C22H25ClN2O3S. The van der Waals surface area contributed by atoms with Crippen LogP contribution in [0.4, 0.5) is 0 Å². The van der Waals surface area contributed by atoms with Crippen molar-refractivity contribution in [1.82, 2.24) is 9.62 Å². The molecule has 0 saturated carbocycles. The predicted molar refractivity (Wildman–Crippen MR) is 113 cm³/mol. The Hall–Kier alpha value is -1.89. The van der Waals surface area contributed by atoms with E-state index in [9.17, 15) is 13.2 Å². The fraction of sp³-hybridized carbons (Fsp3) is 0.409. The number of sulfonamides is 1. The van der Waals surface area contributed by atoms with Gasteiger partial charge in [-0.05, 0) is 67.5 Å². The number of halogens is 1. The van der Waals surface area contributed by atoms with Crippen molar-refractivity contribution in [2.75, 3.05) is 13.1 Å². The summed E-state index contributed by atoms with van der Waals surface area (Å²) >= 11 is 5.88. The van der Waals surface area contributed by atoms with Crippen LogP contribution >= 0.6 is 11.6 Å². The zero-order chi connectivity index (χ0) is 20.4. The molecule has 1 saturated heterocycles. The van der Waals surface area contributed by atoms with Gasteiger partial charge in [0.1, 0.15) is 0 Å². The van der Waals surface area contributed by atoms with E-state index in [0.29, 0.717) is 24.4 Å². The standard InChI is InChI=1S/C22H25ClN2O3S/c23-18-10-12-19(13-11-18)29(27,28)25-14-4-7-17(15-25)22(26)24-21-9-3-6-16-5-1-2-8-20(16)21/h1-2,5,8,10-13,17,21H,3-4,6-7,9,14-15H2,(H,24,26)/t17-,21-/m0/s1. The molecule has 1 aliphatic heterocycles. The smallest absolute Gasteiger partial charge is 0.243 e. The molecule has 1 N–H and O–H groups in total. The SMILES string of the molecule is O=C(N[C@H]1CCCc2ccccc21)[C@H]1CCCN(S(=O)(=O)c2ccc(Cl)cc2)C1. The first-order valence-corrected chi connectivity index (χ1v) is 11.9. The zero-order valence-electron chi connectivity index (χ0n) is 16.2. The average molecular weight is 433 g/mol. The highest BCUT2D eigenvalue weighted by Gasteiger charge is 2.34. The second-order valence-electron chi connectivity index (χ2n) is 7.81. The molecule has 2 aromatic carbocycles. The number of hydrogen-bond acceptors (Lipinski definition) is 3. The van der Waals surface area contributed by atoms with E-state index >= 15 is 0 Å². The molecule has 2 aliphatic rings. The van der Waals surface area contributed by atoms with Gasteiger partial charge in [-0.3, -0.25) is 4.79 Å². The molecule has 0 radical (unpaired) electrons. The van der Waals surface area contributed by atoms with Crippen molar-refractivity contribution in [3.63, 3.8) is 0 Å². The van der Waals surface area contributed by atoms with Crippen LogP contribution in [0.25, 0.3) is 0 Å². The summed E-state index contributed by atoms with van der Waals surface area (Å²) in [6.45, 7) is 0.645. The largest absolute Gasteiger partial charge is 0.349 e. The van der Waals surface area contributed by atoms with E-state index in [1.165, 1.54) is 27.6 Å². The van der Waals surface area contributed by atoms with Gasteiger partial charge >= 0.3 is 0 Å². The van der Waals surface area contributed by atoms with Crippen molar-refractivity contribution in [2.45, 2.75) is 43.0 Å². The minimum Gasteiger partial charge on any atom is -0.349 e. The third-order valence-electron chi connectivity index (χ3n) is 5.89. The number of fused-ring (bicyclic) bond motifs is 1. The molecule has 1 heterocycles. The first-order chi connectivity index (χ1) is 13.9. The Kier molecular flexibility index (Phi) is 5.95. The van der Waals surface area contributed by atoms with E-state index < -0.39 is 10.0 Å². The third kappa shape index (κ3) is 4.34. The molecule has 2 aromatic rings. The number of nitrogens with zero attached hydrogens (tertiary/aromatic N) is 1. The molecule has 0 spiro atoms. The maximum atomic E-state index is 13.0. The first-order valence-electron chi connectivity index (χ1n) is 10.1. The summed E-state index contributed by atoms with van der Waals surface area (Å²) in [6, 6.07) is 14.4. The number of nitrogens with one attached hydrogen (secondary N) is 1. The third-order valence-corrected chi connectivity index (χ3v) is 8.02. The van der Waals surface area contributed by atoms with Crippen LogP contribution in [0.3, 0.4) is 0 Å². The summed E-state index contributed by atoms with van der Waals surface area (Å²) in [5.41, 5.74) is 2.48. The van der Waals surface area contributed by atoms with Crippen LogP contribution in [0.1, 0.15) is 42.9 Å². The molecule has 0 aromatic heterocycles. The molecule has 2 atom stereocenters. The normalized spacial score (nSPS) is 22.7. The van der Waals surface area contributed by atoms with Gasteiger partial charge in [0.15, 0.2) is 0 Å². The van der Waals surface area contributed by atoms with Crippen LogP contribution in [-0.4, -0.2) is 31.7 Å². The van der Waals surface area contributed by atoms with Crippen LogP contribution in [-0.2, 0) is 21.2 Å². The topological polar surface area (TPSA) is 66.5 Å². The molecule has 1 aliphatic carbocycles. The maximum Gasteiger partial charge on any atom is 0.243 e. The van der Waals surface area contributed by atoms with Gasteiger partial charge in [-0.15, -0.1) is 0 Å². The number of benzene rings is 2. The van der Waals surface area contributed by atoms with Crippen LogP contribution < -0.4 is 5.32 Å². The number of carbonyl (C=O) groups is 1. The van der Waals surface area contributed by atoms with Crippen molar-refractivity contribution in [3.8, 4) is 0 Å². The molecule has 1 fully saturated rings.